The Hall–Kier alpha value is -0.0400. The van der Waals surface area contributed by atoms with E-state index >= 15 is 0 Å². The van der Waals surface area contributed by atoms with Gasteiger partial charge in [-0.1, -0.05) is 47.0 Å². The van der Waals surface area contributed by atoms with Crippen molar-refractivity contribution in [2.24, 2.45) is 17.8 Å². The van der Waals surface area contributed by atoms with E-state index in [1.54, 1.807) is 0 Å². The summed E-state index contributed by atoms with van der Waals surface area (Å²) in [5.41, 5.74) is 0. The lowest BCUT2D eigenvalue weighted by Gasteiger charge is -2.38. The fourth-order valence-corrected chi connectivity index (χ4v) is 3.57. The lowest BCUT2D eigenvalue weighted by Crippen LogP contribution is -2.41. The van der Waals surface area contributed by atoms with Gasteiger partial charge in [0.2, 0.25) is 0 Å². The molecule has 108 valence electrons. The minimum absolute atomic E-state index is 0.812. The number of nitrogens with one attached hydrogen (secondary N) is 1. The summed E-state index contributed by atoms with van der Waals surface area (Å²) < 4.78 is 0. The van der Waals surface area contributed by atoms with Gasteiger partial charge in [-0.2, -0.15) is 0 Å². The standard InChI is InChI=1S/C17H35N/c1-5-8-15-9-10-17(18-11-6-2)16(13-15)12-14(4)7-3/h14-18H,5-13H2,1-4H3. The summed E-state index contributed by atoms with van der Waals surface area (Å²) >= 11 is 0. The Bertz CT molecular complexity index is 202. The average molecular weight is 253 g/mol. The van der Waals surface area contributed by atoms with E-state index in [1.165, 1.54) is 57.9 Å². The van der Waals surface area contributed by atoms with Crippen molar-refractivity contribution in [2.45, 2.75) is 85.1 Å². The normalized spacial score (nSPS) is 30.3. The summed E-state index contributed by atoms with van der Waals surface area (Å²) in [5.74, 6) is 2.86. The molecule has 0 saturated heterocycles. The van der Waals surface area contributed by atoms with Gasteiger partial charge in [0.25, 0.3) is 0 Å². The summed E-state index contributed by atoms with van der Waals surface area (Å²) in [6, 6.07) is 0.812. The zero-order chi connectivity index (χ0) is 13.4. The molecule has 1 N–H and O–H groups in total. The van der Waals surface area contributed by atoms with Crippen molar-refractivity contribution in [3.05, 3.63) is 0 Å². The molecule has 0 amide bonds. The van der Waals surface area contributed by atoms with Crippen molar-refractivity contribution in [2.75, 3.05) is 6.54 Å². The monoisotopic (exact) mass is 253 g/mol. The molecule has 0 bridgehead atoms. The highest BCUT2D eigenvalue weighted by Crippen LogP contribution is 2.36. The minimum Gasteiger partial charge on any atom is -0.314 e. The van der Waals surface area contributed by atoms with Crippen LogP contribution in [0.25, 0.3) is 0 Å². The smallest absolute Gasteiger partial charge is 0.00956 e. The van der Waals surface area contributed by atoms with Gasteiger partial charge in [0.15, 0.2) is 0 Å². The average Bonchev–Trinajstić information content (AvgIpc) is 2.38. The second kappa shape index (κ2) is 8.96. The minimum atomic E-state index is 0.812. The van der Waals surface area contributed by atoms with Crippen LogP contribution in [0.5, 0.6) is 0 Å². The first kappa shape index (κ1) is 16.0. The Labute approximate surface area is 115 Å². The van der Waals surface area contributed by atoms with Gasteiger partial charge in [0, 0.05) is 6.04 Å². The van der Waals surface area contributed by atoms with Gasteiger partial charge < -0.3 is 5.32 Å². The van der Waals surface area contributed by atoms with E-state index in [1.807, 2.05) is 0 Å². The van der Waals surface area contributed by atoms with E-state index in [0.29, 0.717) is 0 Å². The molecule has 1 heteroatoms. The van der Waals surface area contributed by atoms with Crippen molar-refractivity contribution in [1.82, 2.24) is 5.32 Å². The Balaban J connectivity index is 2.49. The van der Waals surface area contributed by atoms with E-state index in [2.05, 4.69) is 33.0 Å². The molecular weight excluding hydrogens is 218 g/mol. The van der Waals surface area contributed by atoms with Crippen LogP contribution in [0, 0.1) is 17.8 Å². The fourth-order valence-electron chi connectivity index (χ4n) is 3.57. The summed E-state index contributed by atoms with van der Waals surface area (Å²) in [6.45, 7) is 10.6. The Morgan fingerprint density at radius 3 is 2.50 bits per heavy atom. The third-order valence-electron chi connectivity index (χ3n) is 4.85. The van der Waals surface area contributed by atoms with E-state index in [9.17, 15) is 0 Å². The van der Waals surface area contributed by atoms with Gasteiger partial charge >= 0.3 is 0 Å². The van der Waals surface area contributed by atoms with Crippen molar-refractivity contribution in [1.29, 1.82) is 0 Å². The maximum atomic E-state index is 3.81. The van der Waals surface area contributed by atoms with Gasteiger partial charge in [0.05, 0.1) is 0 Å². The van der Waals surface area contributed by atoms with Crippen LogP contribution in [0.1, 0.15) is 79.1 Å². The second-order valence-electron chi connectivity index (χ2n) is 6.54. The molecule has 1 aliphatic rings. The SMILES string of the molecule is CCCNC1CCC(CCC)CC1CC(C)CC. The van der Waals surface area contributed by atoms with Gasteiger partial charge in [0.1, 0.15) is 0 Å². The molecule has 0 aromatic rings. The second-order valence-corrected chi connectivity index (χ2v) is 6.54. The molecule has 1 aliphatic carbocycles. The number of hydrogen-bond donors (Lipinski definition) is 1. The lowest BCUT2D eigenvalue weighted by atomic mass is 9.73. The zero-order valence-electron chi connectivity index (χ0n) is 13.2. The van der Waals surface area contributed by atoms with E-state index < -0.39 is 0 Å². The van der Waals surface area contributed by atoms with Gasteiger partial charge in [-0.05, 0) is 56.4 Å². The largest absolute Gasteiger partial charge is 0.314 e. The third kappa shape index (κ3) is 5.30. The van der Waals surface area contributed by atoms with Crippen LogP contribution in [-0.2, 0) is 0 Å². The Morgan fingerprint density at radius 2 is 1.89 bits per heavy atom. The van der Waals surface area contributed by atoms with Crippen LogP contribution in [0.2, 0.25) is 0 Å². The molecular formula is C17H35N. The fraction of sp³-hybridized carbons (Fsp3) is 1.00. The number of hydrogen-bond acceptors (Lipinski definition) is 1. The quantitative estimate of drug-likeness (QED) is 0.641. The molecule has 0 spiro atoms. The molecule has 0 aromatic carbocycles. The molecule has 0 aliphatic heterocycles. The molecule has 0 heterocycles. The van der Waals surface area contributed by atoms with Gasteiger partial charge in [-0.3, -0.25) is 0 Å². The highest BCUT2D eigenvalue weighted by molar-refractivity contribution is 4.85. The first-order valence-electron chi connectivity index (χ1n) is 8.44. The Kier molecular flexibility index (Phi) is 7.97. The molecule has 1 nitrogen and oxygen atoms in total. The number of rotatable bonds is 8. The van der Waals surface area contributed by atoms with Crippen molar-refractivity contribution < 1.29 is 0 Å². The van der Waals surface area contributed by atoms with Gasteiger partial charge in [-0.15, -0.1) is 0 Å². The molecule has 0 radical (unpaired) electrons. The first-order chi connectivity index (χ1) is 8.71. The maximum absolute atomic E-state index is 3.81. The highest BCUT2D eigenvalue weighted by atomic mass is 14.9. The third-order valence-corrected chi connectivity index (χ3v) is 4.85. The summed E-state index contributed by atoms with van der Waals surface area (Å²) in [6.07, 6.45) is 11.3. The zero-order valence-corrected chi connectivity index (χ0v) is 13.2. The van der Waals surface area contributed by atoms with Crippen LogP contribution >= 0.6 is 0 Å². The molecule has 4 unspecified atom stereocenters. The van der Waals surface area contributed by atoms with Crippen LogP contribution in [0.3, 0.4) is 0 Å². The van der Waals surface area contributed by atoms with Crippen molar-refractivity contribution >= 4 is 0 Å². The van der Waals surface area contributed by atoms with Crippen LogP contribution in [0.4, 0.5) is 0 Å². The highest BCUT2D eigenvalue weighted by Gasteiger charge is 2.30. The molecule has 0 aromatic heterocycles. The topological polar surface area (TPSA) is 12.0 Å². The Morgan fingerprint density at radius 1 is 1.11 bits per heavy atom. The molecule has 1 rings (SSSR count). The predicted octanol–water partition coefficient (Wildman–Crippen LogP) is 5.01. The lowest BCUT2D eigenvalue weighted by molar-refractivity contribution is 0.168. The molecule has 4 atom stereocenters. The predicted molar refractivity (Wildman–Crippen MR) is 81.9 cm³/mol. The van der Waals surface area contributed by atoms with Crippen molar-refractivity contribution in [3.63, 3.8) is 0 Å². The molecule has 18 heavy (non-hydrogen) atoms. The van der Waals surface area contributed by atoms with Crippen LogP contribution < -0.4 is 5.32 Å². The summed E-state index contributed by atoms with van der Waals surface area (Å²) in [7, 11) is 0. The van der Waals surface area contributed by atoms with E-state index in [4.69, 9.17) is 0 Å². The van der Waals surface area contributed by atoms with Crippen LogP contribution in [0.15, 0.2) is 0 Å². The summed E-state index contributed by atoms with van der Waals surface area (Å²) in [4.78, 5) is 0. The maximum Gasteiger partial charge on any atom is 0.00956 e. The molecule has 1 saturated carbocycles. The first-order valence-corrected chi connectivity index (χ1v) is 8.44. The van der Waals surface area contributed by atoms with Crippen LogP contribution in [-0.4, -0.2) is 12.6 Å². The molecule has 1 fully saturated rings. The van der Waals surface area contributed by atoms with E-state index in [0.717, 1.165) is 23.8 Å². The van der Waals surface area contributed by atoms with Gasteiger partial charge in [-0.25, -0.2) is 0 Å². The summed E-state index contributed by atoms with van der Waals surface area (Å²) in [5, 5.41) is 3.81. The van der Waals surface area contributed by atoms with E-state index in [-0.39, 0.29) is 0 Å². The van der Waals surface area contributed by atoms with Crippen molar-refractivity contribution in [3.8, 4) is 0 Å².